The first-order valence-electron chi connectivity index (χ1n) is 11.5. The van der Waals surface area contributed by atoms with E-state index >= 15 is 0 Å². The summed E-state index contributed by atoms with van der Waals surface area (Å²) in [6.45, 7) is 2.22. The number of anilines is 1. The number of hydrogen-bond acceptors (Lipinski definition) is 7. The van der Waals surface area contributed by atoms with Crippen molar-refractivity contribution in [1.82, 2.24) is 20.1 Å². The Bertz CT molecular complexity index is 1260. The third-order valence-corrected chi connectivity index (χ3v) is 6.48. The first-order chi connectivity index (χ1) is 17.4. The highest BCUT2D eigenvalue weighted by Crippen LogP contribution is 2.29. The number of thiol groups is 1. The van der Waals surface area contributed by atoms with E-state index < -0.39 is 0 Å². The Hall–Kier alpha value is -3.24. The molecule has 1 aliphatic heterocycles. The molecule has 0 radical (unpaired) electrons. The smallest absolute Gasteiger partial charge is 0.251 e. The van der Waals surface area contributed by atoms with Crippen LogP contribution in [0.1, 0.15) is 12.0 Å². The van der Waals surface area contributed by atoms with Gasteiger partial charge in [0.25, 0.3) is 5.91 Å². The zero-order valence-corrected chi connectivity index (χ0v) is 21.3. The van der Waals surface area contributed by atoms with E-state index in [0.717, 1.165) is 16.9 Å². The van der Waals surface area contributed by atoms with Crippen LogP contribution in [0.25, 0.3) is 17.3 Å². The predicted molar refractivity (Wildman–Crippen MR) is 145 cm³/mol. The van der Waals surface area contributed by atoms with Crippen molar-refractivity contribution >= 4 is 47.8 Å². The maximum absolute atomic E-state index is 13.6. The van der Waals surface area contributed by atoms with Gasteiger partial charge in [-0.15, -0.1) is 17.7 Å². The Labute approximate surface area is 220 Å². The van der Waals surface area contributed by atoms with Gasteiger partial charge in [0.2, 0.25) is 5.91 Å². The minimum atomic E-state index is -0.380. The van der Waals surface area contributed by atoms with Crippen molar-refractivity contribution in [1.29, 1.82) is 0 Å². The van der Waals surface area contributed by atoms with Crippen molar-refractivity contribution < 1.29 is 9.59 Å². The molecular weight excluding hydrogens is 496 g/mol. The van der Waals surface area contributed by atoms with Crippen LogP contribution in [0.2, 0.25) is 5.02 Å². The molecule has 186 valence electrons. The summed E-state index contributed by atoms with van der Waals surface area (Å²) in [6.07, 6.45) is 5.31. The molecule has 0 atom stereocenters. The molecule has 0 aliphatic carbocycles. The minimum Gasteiger partial charge on any atom is -0.340 e. The van der Waals surface area contributed by atoms with Crippen molar-refractivity contribution in [3.8, 4) is 11.3 Å². The van der Waals surface area contributed by atoms with Crippen molar-refractivity contribution in [2.75, 3.05) is 37.6 Å². The van der Waals surface area contributed by atoms with E-state index in [1.54, 1.807) is 40.3 Å². The van der Waals surface area contributed by atoms with Crippen LogP contribution >= 0.6 is 24.2 Å². The number of aromatic nitrogens is 2. The van der Waals surface area contributed by atoms with E-state index in [-0.39, 0.29) is 18.4 Å². The van der Waals surface area contributed by atoms with Crippen molar-refractivity contribution in [3.63, 3.8) is 0 Å². The number of amides is 2. The number of nitrogens with zero attached hydrogens (tertiary/aromatic N) is 5. The van der Waals surface area contributed by atoms with E-state index in [1.807, 2.05) is 30.3 Å². The van der Waals surface area contributed by atoms with Gasteiger partial charge in [-0.1, -0.05) is 48.0 Å². The maximum Gasteiger partial charge on any atom is 0.251 e. The standard InChI is InChI=1S/C26H27ClN6O2S/c27-22-17-21(36)9-7-19(22)8-10-24(34)33(18-25(35)31-13-4-14-32(28)16-15-31)23-11-12-29-30-26(23)20-5-2-1-3-6-20/h1-3,5-12,17,36H,4,13-16,18,28H2/b10-8+. The van der Waals surface area contributed by atoms with Gasteiger partial charge in [-0.05, 0) is 36.3 Å². The molecule has 3 aromatic rings. The van der Waals surface area contributed by atoms with Crippen LogP contribution in [-0.2, 0) is 9.59 Å². The van der Waals surface area contributed by atoms with E-state index in [4.69, 9.17) is 17.4 Å². The van der Waals surface area contributed by atoms with E-state index in [2.05, 4.69) is 22.8 Å². The second-order valence-corrected chi connectivity index (χ2v) is 9.29. The lowest BCUT2D eigenvalue weighted by Crippen LogP contribution is -2.44. The number of halogens is 1. The number of benzene rings is 2. The van der Waals surface area contributed by atoms with Crippen LogP contribution in [-0.4, -0.2) is 64.6 Å². The van der Waals surface area contributed by atoms with Crippen molar-refractivity contribution in [3.05, 3.63) is 77.5 Å². The highest BCUT2D eigenvalue weighted by molar-refractivity contribution is 7.80. The highest BCUT2D eigenvalue weighted by Gasteiger charge is 2.25. The average Bonchev–Trinajstić information content (AvgIpc) is 3.11. The Balaban J connectivity index is 1.67. The average molecular weight is 523 g/mol. The summed E-state index contributed by atoms with van der Waals surface area (Å²) in [7, 11) is 0. The van der Waals surface area contributed by atoms with Crippen LogP contribution in [0.5, 0.6) is 0 Å². The number of nitrogens with two attached hydrogens (primary N) is 1. The molecule has 0 spiro atoms. The van der Waals surface area contributed by atoms with Gasteiger partial charge in [0.15, 0.2) is 0 Å². The fourth-order valence-electron chi connectivity index (χ4n) is 3.95. The molecule has 8 nitrogen and oxygen atoms in total. The van der Waals surface area contributed by atoms with Crippen LogP contribution in [0.3, 0.4) is 0 Å². The zero-order valence-electron chi connectivity index (χ0n) is 19.6. The molecule has 4 rings (SSSR count). The largest absolute Gasteiger partial charge is 0.340 e. The number of hydrazine groups is 1. The first kappa shape index (κ1) is 25.8. The lowest BCUT2D eigenvalue weighted by molar-refractivity contribution is -0.130. The number of rotatable bonds is 6. The van der Waals surface area contributed by atoms with Gasteiger partial charge >= 0.3 is 0 Å². The predicted octanol–water partition coefficient (Wildman–Crippen LogP) is 3.54. The quantitative estimate of drug-likeness (QED) is 0.292. The molecule has 10 heteroatoms. The summed E-state index contributed by atoms with van der Waals surface area (Å²) in [6, 6.07) is 16.4. The summed E-state index contributed by atoms with van der Waals surface area (Å²) in [5, 5.41) is 10.5. The molecule has 1 aromatic heterocycles. The fourth-order valence-corrected chi connectivity index (χ4v) is 4.47. The summed E-state index contributed by atoms with van der Waals surface area (Å²) in [5.41, 5.74) is 2.46. The molecule has 1 fully saturated rings. The van der Waals surface area contributed by atoms with E-state index in [1.165, 1.54) is 17.2 Å². The van der Waals surface area contributed by atoms with Gasteiger partial charge in [-0.25, -0.2) is 5.01 Å². The zero-order chi connectivity index (χ0) is 25.5. The highest BCUT2D eigenvalue weighted by atomic mass is 35.5. The fraction of sp³-hybridized carbons (Fsp3) is 0.231. The number of carbonyl (C=O) groups excluding carboxylic acids is 2. The van der Waals surface area contributed by atoms with E-state index in [9.17, 15) is 9.59 Å². The van der Waals surface area contributed by atoms with Gasteiger partial charge in [0.1, 0.15) is 12.2 Å². The molecule has 0 bridgehead atoms. The maximum atomic E-state index is 13.6. The molecule has 2 N–H and O–H groups in total. The van der Waals surface area contributed by atoms with Gasteiger partial charge in [0.05, 0.1) is 11.9 Å². The van der Waals surface area contributed by atoms with Gasteiger partial charge in [-0.3, -0.25) is 20.3 Å². The van der Waals surface area contributed by atoms with Crippen molar-refractivity contribution in [2.24, 2.45) is 5.84 Å². The van der Waals surface area contributed by atoms with Crippen LogP contribution in [0.15, 0.2) is 71.8 Å². The van der Waals surface area contributed by atoms with Crippen LogP contribution in [0, 0.1) is 0 Å². The second-order valence-electron chi connectivity index (χ2n) is 8.36. The van der Waals surface area contributed by atoms with Crippen LogP contribution < -0.4 is 10.7 Å². The lowest BCUT2D eigenvalue weighted by Gasteiger charge is -2.27. The molecule has 2 amide bonds. The van der Waals surface area contributed by atoms with Gasteiger partial charge in [0, 0.05) is 47.7 Å². The summed E-state index contributed by atoms with van der Waals surface area (Å²) >= 11 is 10.6. The SMILES string of the molecule is NN1CCCN(C(=O)CN(C(=O)/C=C/c2ccc(S)cc2Cl)c2ccnnc2-c2ccccc2)CC1. The van der Waals surface area contributed by atoms with Gasteiger partial charge < -0.3 is 4.90 Å². The topological polar surface area (TPSA) is 95.7 Å². The summed E-state index contributed by atoms with van der Waals surface area (Å²) in [4.78, 5) is 30.8. The monoisotopic (exact) mass is 522 g/mol. The van der Waals surface area contributed by atoms with E-state index in [0.29, 0.717) is 48.1 Å². The Kier molecular flexibility index (Phi) is 8.71. The molecule has 1 aliphatic rings. The minimum absolute atomic E-state index is 0.150. The Morgan fingerprint density at radius 1 is 1.08 bits per heavy atom. The molecule has 2 aromatic carbocycles. The summed E-state index contributed by atoms with van der Waals surface area (Å²) in [5.74, 6) is 5.38. The molecule has 0 unspecified atom stereocenters. The second kappa shape index (κ2) is 12.1. The number of carbonyl (C=O) groups is 2. The first-order valence-corrected chi connectivity index (χ1v) is 12.4. The molecule has 1 saturated heterocycles. The third-order valence-electron chi connectivity index (χ3n) is 5.87. The molecule has 0 saturated carbocycles. The van der Waals surface area contributed by atoms with Crippen LogP contribution in [0.4, 0.5) is 5.69 Å². The van der Waals surface area contributed by atoms with Crippen molar-refractivity contribution in [2.45, 2.75) is 11.3 Å². The molecule has 36 heavy (non-hydrogen) atoms. The normalized spacial score (nSPS) is 14.6. The Morgan fingerprint density at radius 3 is 2.67 bits per heavy atom. The lowest BCUT2D eigenvalue weighted by atomic mass is 10.1. The molecular formula is C26H27ClN6O2S. The Morgan fingerprint density at radius 2 is 1.89 bits per heavy atom. The third kappa shape index (κ3) is 6.50. The van der Waals surface area contributed by atoms with Gasteiger partial charge in [-0.2, -0.15) is 5.10 Å². The molecule has 2 heterocycles. The summed E-state index contributed by atoms with van der Waals surface area (Å²) < 4.78 is 0. The number of hydrogen-bond donors (Lipinski definition) is 2.